The van der Waals surface area contributed by atoms with Crippen molar-refractivity contribution in [2.24, 2.45) is 4.99 Å². The molecule has 0 saturated carbocycles. The van der Waals surface area contributed by atoms with Gasteiger partial charge in [-0.15, -0.1) is 11.3 Å². The molecule has 72 valence electrons. The van der Waals surface area contributed by atoms with E-state index in [0.717, 1.165) is 15.2 Å². The summed E-state index contributed by atoms with van der Waals surface area (Å²) in [5.74, 6) is 0. The van der Waals surface area contributed by atoms with Gasteiger partial charge in [0.05, 0.1) is 29.6 Å². The molecule has 0 fully saturated rings. The third-order valence-electron chi connectivity index (χ3n) is 1.74. The number of nitrogens with zero attached hydrogens (tertiary/aromatic N) is 2. The minimum absolute atomic E-state index is 0.0847. The number of aliphatic hydroxyl groups excluding tert-OH is 1. The van der Waals surface area contributed by atoms with Gasteiger partial charge in [0.1, 0.15) is 5.01 Å². The lowest BCUT2D eigenvalue weighted by Crippen LogP contribution is -1.88. The Balaban J connectivity index is 2.27. The SMILES string of the molecule is OCCN=Cc1nc2ccccc2s1. The number of hydrogen-bond donors (Lipinski definition) is 1. The zero-order valence-corrected chi connectivity index (χ0v) is 8.37. The quantitative estimate of drug-likeness (QED) is 0.777. The summed E-state index contributed by atoms with van der Waals surface area (Å²) in [5, 5.41) is 9.44. The first-order valence-corrected chi connectivity index (χ1v) is 5.18. The highest BCUT2D eigenvalue weighted by Crippen LogP contribution is 2.19. The maximum Gasteiger partial charge on any atom is 0.135 e. The predicted molar refractivity (Wildman–Crippen MR) is 59.2 cm³/mol. The van der Waals surface area contributed by atoms with Gasteiger partial charge in [-0.2, -0.15) is 0 Å². The van der Waals surface area contributed by atoms with Crippen LogP contribution >= 0.6 is 11.3 Å². The number of aromatic nitrogens is 1. The molecule has 1 heterocycles. The Hall–Kier alpha value is -1.26. The van der Waals surface area contributed by atoms with Gasteiger partial charge in [0.2, 0.25) is 0 Å². The van der Waals surface area contributed by atoms with Crippen LogP contribution in [0.2, 0.25) is 0 Å². The van der Waals surface area contributed by atoms with E-state index >= 15 is 0 Å². The number of aliphatic imine (C=N–C) groups is 1. The van der Waals surface area contributed by atoms with Crippen molar-refractivity contribution in [3.05, 3.63) is 29.3 Å². The van der Waals surface area contributed by atoms with Crippen LogP contribution in [0.5, 0.6) is 0 Å². The molecule has 0 aliphatic rings. The summed E-state index contributed by atoms with van der Waals surface area (Å²) in [4.78, 5) is 8.40. The van der Waals surface area contributed by atoms with Gasteiger partial charge in [-0.25, -0.2) is 4.98 Å². The minimum Gasteiger partial charge on any atom is -0.394 e. The number of aliphatic hydroxyl groups is 1. The van der Waals surface area contributed by atoms with Crippen LogP contribution in [-0.4, -0.2) is 29.5 Å². The molecule has 1 N–H and O–H groups in total. The summed E-state index contributed by atoms with van der Waals surface area (Å²) < 4.78 is 1.16. The molecule has 3 nitrogen and oxygen atoms in total. The Kier molecular flexibility index (Phi) is 2.86. The van der Waals surface area contributed by atoms with Crippen molar-refractivity contribution < 1.29 is 5.11 Å². The average Bonchev–Trinajstić information content (AvgIpc) is 2.60. The van der Waals surface area contributed by atoms with E-state index in [0.29, 0.717) is 6.54 Å². The number of para-hydroxylation sites is 1. The first-order valence-electron chi connectivity index (χ1n) is 4.36. The zero-order chi connectivity index (χ0) is 9.80. The summed E-state index contributed by atoms with van der Waals surface area (Å²) in [6.45, 7) is 0.525. The predicted octanol–water partition coefficient (Wildman–Crippen LogP) is 1.71. The molecule has 4 heteroatoms. The van der Waals surface area contributed by atoms with E-state index in [1.165, 1.54) is 0 Å². The molecule has 0 atom stereocenters. The van der Waals surface area contributed by atoms with E-state index < -0.39 is 0 Å². The molecular weight excluding hydrogens is 196 g/mol. The summed E-state index contributed by atoms with van der Waals surface area (Å²) in [6.07, 6.45) is 1.71. The number of rotatable bonds is 3. The topological polar surface area (TPSA) is 45.5 Å². The highest BCUT2D eigenvalue weighted by molar-refractivity contribution is 7.20. The smallest absolute Gasteiger partial charge is 0.135 e. The summed E-state index contributed by atoms with van der Waals surface area (Å²) in [6, 6.07) is 7.98. The van der Waals surface area contributed by atoms with E-state index in [1.54, 1.807) is 17.6 Å². The van der Waals surface area contributed by atoms with Crippen LogP contribution in [0.1, 0.15) is 5.01 Å². The molecule has 0 saturated heterocycles. The van der Waals surface area contributed by atoms with E-state index in [9.17, 15) is 0 Å². The number of benzene rings is 1. The molecule has 0 bridgehead atoms. The van der Waals surface area contributed by atoms with Crippen LogP contribution in [0.3, 0.4) is 0 Å². The van der Waals surface area contributed by atoms with Crippen molar-refractivity contribution in [2.45, 2.75) is 0 Å². The summed E-state index contributed by atoms with van der Waals surface area (Å²) in [5.41, 5.74) is 1.00. The molecule has 0 aliphatic carbocycles. The second kappa shape index (κ2) is 4.30. The number of hydrogen-bond acceptors (Lipinski definition) is 4. The van der Waals surface area contributed by atoms with Gasteiger partial charge in [-0.1, -0.05) is 12.1 Å². The molecule has 1 aromatic carbocycles. The van der Waals surface area contributed by atoms with E-state index in [1.807, 2.05) is 24.3 Å². The second-order valence-corrected chi connectivity index (χ2v) is 3.84. The van der Waals surface area contributed by atoms with Crippen molar-refractivity contribution in [1.82, 2.24) is 4.98 Å². The standard InChI is InChI=1S/C10H10N2OS/c13-6-5-11-7-10-12-8-3-1-2-4-9(8)14-10/h1-4,7,13H,5-6H2. The lowest BCUT2D eigenvalue weighted by atomic mass is 10.3. The number of fused-ring (bicyclic) bond motifs is 1. The van der Waals surface area contributed by atoms with E-state index in [-0.39, 0.29) is 6.61 Å². The molecule has 2 rings (SSSR count). The molecule has 0 unspecified atom stereocenters. The van der Waals surface area contributed by atoms with E-state index in [2.05, 4.69) is 9.98 Å². The first kappa shape index (κ1) is 9.30. The Labute approximate surface area is 85.8 Å². The van der Waals surface area contributed by atoms with Crippen molar-refractivity contribution >= 4 is 27.8 Å². The monoisotopic (exact) mass is 206 g/mol. The fourth-order valence-electron chi connectivity index (χ4n) is 1.15. The molecule has 0 aliphatic heterocycles. The van der Waals surface area contributed by atoms with Crippen LogP contribution in [0, 0.1) is 0 Å². The van der Waals surface area contributed by atoms with Gasteiger partial charge in [0, 0.05) is 0 Å². The fourth-order valence-corrected chi connectivity index (χ4v) is 2.01. The lowest BCUT2D eigenvalue weighted by Gasteiger charge is -1.83. The lowest BCUT2D eigenvalue weighted by molar-refractivity contribution is 0.307. The fraction of sp³-hybridized carbons (Fsp3) is 0.200. The average molecular weight is 206 g/mol. The Morgan fingerprint density at radius 1 is 1.43 bits per heavy atom. The molecule has 14 heavy (non-hydrogen) atoms. The molecule has 0 spiro atoms. The Morgan fingerprint density at radius 2 is 2.29 bits per heavy atom. The van der Waals surface area contributed by atoms with Crippen LogP contribution in [-0.2, 0) is 0 Å². The van der Waals surface area contributed by atoms with Crippen LogP contribution < -0.4 is 0 Å². The number of thiazole rings is 1. The van der Waals surface area contributed by atoms with Crippen molar-refractivity contribution in [3.8, 4) is 0 Å². The maximum atomic E-state index is 8.55. The van der Waals surface area contributed by atoms with Gasteiger partial charge in [0.25, 0.3) is 0 Å². The van der Waals surface area contributed by atoms with Crippen molar-refractivity contribution in [3.63, 3.8) is 0 Å². The molecule has 0 amide bonds. The van der Waals surface area contributed by atoms with Gasteiger partial charge >= 0.3 is 0 Å². The van der Waals surface area contributed by atoms with Gasteiger partial charge in [-0.05, 0) is 12.1 Å². The molecule has 2 aromatic rings. The first-order chi connectivity index (χ1) is 6.90. The third-order valence-corrected chi connectivity index (χ3v) is 2.71. The van der Waals surface area contributed by atoms with Crippen molar-refractivity contribution in [2.75, 3.05) is 13.2 Å². The zero-order valence-electron chi connectivity index (χ0n) is 7.55. The molecular formula is C10H10N2OS. The Morgan fingerprint density at radius 3 is 3.07 bits per heavy atom. The van der Waals surface area contributed by atoms with Crippen LogP contribution in [0.4, 0.5) is 0 Å². The van der Waals surface area contributed by atoms with Gasteiger partial charge in [0.15, 0.2) is 0 Å². The normalized spacial score (nSPS) is 11.5. The summed E-state index contributed by atoms with van der Waals surface area (Å²) in [7, 11) is 0. The molecule has 1 aromatic heterocycles. The Bertz CT molecular complexity index is 417. The third kappa shape index (κ3) is 1.97. The minimum atomic E-state index is 0.0847. The maximum absolute atomic E-state index is 8.55. The highest BCUT2D eigenvalue weighted by atomic mass is 32.1. The van der Waals surface area contributed by atoms with Crippen LogP contribution in [0.15, 0.2) is 29.3 Å². The summed E-state index contributed by atoms with van der Waals surface area (Å²) >= 11 is 1.61. The largest absolute Gasteiger partial charge is 0.394 e. The van der Waals surface area contributed by atoms with Crippen molar-refractivity contribution in [1.29, 1.82) is 0 Å². The second-order valence-electron chi connectivity index (χ2n) is 2.78. The van der Waals surface area contributed by atoms with Gasteiger partial charge in [-0.3, -0.25) is 4.99 Å². The highest BCUT2D eigenvalue weighted by Gasteiger charge is 1.98. The van der Waals surface area contributed by atoms with E-state index in [4.69, 9.17) is 5.11 Å². The molecule has 0 radical (unpaired) electrons. The van der Waals surface area contributed by atoms with Gasteiger partial charge < -0.3 is 5.11 Å². The van der Waals surface area contributed by atoms with Crippen LogP contribution in [0.25, 0.3) is 10.2 Å².